The highest BCUT2D eigenvalue weighted by atomic mass is 32.2. The topological polar surface area (TPSA) is 93.2 Å². The summed E-state index contributed by atoms with van der Waals surface area (Å²) in [6.07, 6.45) is -4.20. The molecular weight excluding hydrogens is 525 g/mol. The Balaban J connectivity index is 1.93. The molecule has 38 heavy (non-hydrogen) atoms. The lowest BCUT2D eigenvalue weighted by atomic mass is 10.1. The van der Waals surface area contributed by atoms with E-state index in [-0.39, 0.29) is 36.1 Å². The Labute approximate surface area is 220 Å². The summed E-state index contributed by atoms with van der Waals surface area (Å²) >= 11 is 0. The standard InChI is InChI=1S/C26H31F3N2O6S/c1-18(2)17-37-25(33)30-14-4-5-22(16-30)31(15-19-6-8-20(9-7-19)24(32)36-3)38(34,35)23-12-10-21(11-13-23)26(27,28)29/h6-13,18,22H,4-5,14-17H2,1-3H3. The fraction of sp³-hybridized carbons (Fsp3) is 0.462. The minimum Gasteiger partial charge on any atom is -0.465 e. The quantitative estimate of drug-likeness (QED) is 0.428. The molecule has 1 aliphatic heterocycles. The number of nitrogens with zero attached hydrogens (tertiary/aromatic N) is 2. The third-order valence-corrected chi connectivity index (χ3v) is 8.02. The third kappa shape index (κ3) is 7.25. The predicted octanol–water partition coefficient (Wildman–Crippen LogP) is 4.94. The molecule has 0 aliphatic carbocycles. The SMILES string of the molecule is COC(=O)c1ccc(CN(C2CCCN(C(=O)OCC(C)C)C2)S(=O)(=O)c2ccc(C(F)(F)F)cc2)cc1. The number of piperidine rings is 1. The van der Waals surface area contributed by atoms with Crippen molar-refractivity contribution in [2.24, 2.45) is 5.92 Å². The van der Waals surface area contributed by atoms with Gasteiger partial charge in [0, 0.05) is 25.7 Å². The number of likely N-dealkylation sites (tertiary alicyclic amines) is 1. The van der Waals surface area contributed by atoms with Crippen molar-refractivity contribution < 1.29 is 40.7 Å². The molecule has 0 aromatic heterocycles. The molecule has 208 valence electrons. The number of halogens is 3. The lowest BCUT2D eigenvalue weighted by Gasteiger charge is -2.38. The van der Waals surface area contributed by atoms with Crippen LogP contribution in [-0.2, 0) is 32.2 Å². The van der Waals surface area contributed by atoms with E-state index in [4.69, 9.17) is 9.47 Å². The molecule has 1 fully saturated rings. The minimum atomic E-state index is -4.61. The zero-order valence-electron chi connectivity index (χ0n) is 21.4. The van der Waals surface area contributed by atoms with E-state index in [9.17, 15) is 31.2 Å². The Hall–Kier alpha value is -3.12. The number of hydrogen-bond acceptors (Lipinski definition) is 6. The second kappa shape index (κ2) is 12.2. The van der Waals surface area contributed by atoms with Crippen LogP contribution in [0.2, 0.25) is 0 Å². The Bertz CT molecular complexity index is 1220. The molecular formula is C26H31F3N2O6S. The normalized spacial score (nSPS) is 16.5. The Morgan fingerprint density at radius 2 is 1.71 bits per heavy atom. The summed E-state index contributed by atoms with van der Waals surface area (Å²) in [6, 6.07) is 8.84. The molecule has 0 spiro atoms. The largest absolute Gasteiger partial charge is 0.465 e. The fourth-order valence-corrected chi connectivity index (χ4v) is 5.72. The van der Waals surface area contributed by atoms with E-state index < -0.39 is 39.9 Å². The second-order valence-electron chi connectivity index (χ2n) is 9.47. The minimum absolute atomic E-state index is 0.0665. The maximum Gasteiger partial charge on any atom is 0.416 e. The van der Waals surface area contributed by atoms with E-state index >= 15 is 0 Å². The average Bonchev–Trinajstić information content (AvgIpc) is 2.89. The van der Waals surface area contributed by atoms with Crippen molar-refractivity contribution in [2.75, 3.05) is 26.8 Å². The van der Waals surface area contributed by atoms with Crippen LogP contribution >= 0.6 is 0 Å². The number of ether oxygens (including phenoxy) is 2. The Kier molecular flexibility index (Phi) is 9.42. The maximum atomic E-state index is 13.7. The van der Waals surface area contributed by atoms with Crippen LogP contribution in [0, 0.1) is 5.92 Å². The molecule has 2 aromatic rings. The number of methoxy groups -OCH3 is 1. The van der Waals surface area contributed by atoms with Crippen LogP contribution in [0.3, 0.4) is 0 Å². The summed E-state index contributed by atoms with van der Waals surface area (Å²) in [5.74, 6) is -0.419. The van der Waals surface area contributed by atoms with Crippen LogP contribution in [0.1, 0.15) is 48.2 Å². The first-order valence-electron chi connectivity index (χ1n) is 12.1. The van der Waals surface area contributed by atoms with Gasteiger partial charge in [0.15, 0.2) is 0 Å². The zero-order chi connectivity index (χ0) is 28.1. The molecule has 3 rings (SSSR count). The molecule has 12 heteroatoms. The third-order valence-electron chi connectivity index (χ3n) is 6.10. The van der Waals surface area contributed by atoms with Gasteiger partial charge < -0.3 is 14.4 Å². The monoisotopic (exact) mass is 556 g/mol. The molecule has 0 radical (unpaired) electrons. The molecule has 0 N–H and O–H groups in total. The van der Waals surface area contributed by atoms with Crippen molar-refractivity contribution in [3.8, 4) is 0 Å². The average molecular weight is 557 g/mol. The van der Waals surface area contributed by atoms with E-state index in [0.29, 0.717) is 24.9 Å². The maximum absolute atomic E-state index is 13.7. The van der Waals surface area contributed by atoms with E-state index in [1.807, 2.05) is 13.8 Å². The van der Waals surface area contributed by atoms with Crippen molar-refractivity contribution in [1.29, 1.82) is 0 Å². The summed E-state index contributed by atoms with van der Waals surface area (Å²) < 4.78 is 77.9. The highest BCUT2D eigenvalue weighted by Gasteiger charge is 2.37. The van der Waals surface area contributed by atoms with E-state index in [0.717, 1.165) is 24.3 Å². The molecule has 8 nitrogen and oxygen atoms in total. The highest BCUT2D eigenvalue weighted by molar-refractivity contribution is 7.89. The number of esters is 1. The van der Waals surface area contributed by atoms with E-state index in [2.05, 4.69) is 0 Å². The van der Waals surface area contributed by atoms with Crippen LogP contribution in [0.15, 0.2) is 53.4 Å². The van der Waals surface area contributed by atoms with E-state index in [1.54, 1.807) is 12.1 Å². The van der Waals surface area contributed by atoms with Crippen LogP contribution in [0.5, 0.6) is 0 Å². The van der Waals surface area contributed by atoms with Gasteiger partial charge in [-0.2, -0.15) is 17.5 Å². The lowest BCUT2D eigenvalue weighted by molar-refractivity contribution is -0.137. The first kappa shape index (κ1) is 29.4. The number of carbonyl (C=O) groups is 2. The number of rotatable bonds is 8. The van der Waals surface area contributed by atoms with Gasteiger partial charge in [0.05, 0.1) is 29.7 Å². The molecule has 0 saturated carbocycles. The number of carbonyl (C=O) groups excluding carboxylic acids is 2. The van der Waals surface area contributed by atoms with Gasteiger partial charge in [-0.15, -0.1) is 0 Å². The number of amides is 1. The Morgan fingerprint density at radius 1 is 1.08 bits per heavy atom. The second-order valence-corrected chi connectivity index (χ2v) is 11.4. The zero-order valence-corrected chi connectivity index (χ0v) is 22.2. The van der Waals surface area contributed by atoms with Crippen molar-refractivity contribution in [1.82, 2.24) is 9.21 Å². The number of hydrogen-bond donors (Lipinski definition) is 0. The van der Waals surface area contributed by atoms with Crippen molar-refractivity contribution in [2.45, 2.75) is 50.3 Å². The summed E-state index contributed by atoms with van der Waals surface area (Å²) in [5, 5.41) is 0. The van der Waals surface area contributed by atoms with Gasteiger partial charge in [-0.3, -0.25) is 0 Å². The van der Waals surface area contributed by atoms with Gasteiger partial charge in [0.2, 0.25) is 10.0 Å². The smallest absolute Gasteiger partial charge is 0.416 e. The number of benzene rings is 2. The summed E-state index contributed by atoms with van der Waals surface area (Å²) in [5.41, 5.74) is -0.129. The van der Waals surface area contributed by atoms with Gasteiger partial charge in [-0.1, -0.05) is 26.0 Å². The lowest BCUT2D eigenvalue weighted by Crippen LogP contribution is -2.51. The Morgan fingerprint density at radius 3 is 2.26 bits per heavy atom. The summed E-state index contributed by atoms with van der Waals surface area (Å²) in [4.78, 5) is 25.5. The van der Waals surface area contributed by atoms with Crippen LogP contribution < -0.4 is 0 Å². The van der Waals surface area contributed by atoms with Crippen molar-refractivity contribution >= 4 is 22.1 Å². The van der Waals surface area contributed by atoms with Gasteiger partial charge in [0.1, 0.15) is 0 Å². The molecule has 0 bridgehead atoms. The number of sulfonamides is 1. The summed E-state index contributed by atoms with van der Waals surface area (Å²) in [7, 11) is -3.03. The molecule has 1 heterocycles. The highest BCUT2D eigenvalue weighted by Crippen LogP contribution is 2.32. The first-order chi connectivity index (χ1) is 17.8. The van der Waals surface area contributed by atoms with Crippen LogP contribution in [0.25, 0.3) is 0 Å². The molecule has 2 aromatic carbocycles. The van der Waals surface area contributed by atoms with Gasteiger partial charge in [-0.05, 0) is 60.7 Å². The van der Waals surface area contributed by atoms with Crippen molar-refractivity contribution in [3.05, 3.63) is 65.2 Å². The predicted molar refractivity (Wildman–Crippen MR) is 133 cm³/mol. The van der Waals surface area contributed by atoms with Crippen molar-refractivity contribution in [3.63, 3.8) is 0 Å². The fourth-order valence-electron chi connectivity index (χ4n) is 4.09. The molecule has 1 amide bonds. The molecule has 1 saturated heterocycles. The van der Waals surface area contributed by atoms with Gasteiger partial charge in [-0.25, -0.2) is 18.0 Å². The number of alkyl halides is 3. The molecule has 1 atom stereocenters. The summed E-state index contributed by atoms with van der Waals surface area (Å²) in [6.45, 7) is 4.36. The van der Waals surface area contributed by atoms with Gasteiger partial charge in [0.25, 0.3) is 0 Å². The molecule has 1 unspecified atom stereocenters. The first-order valence-corrected chi connectivity index (χ1v) is 13.5. The van der Waals surface area contributed by atoms with Gasteiger partial charge >= 0.3 is 18.2 Å². The van der Waals surface area contributed by atoms with E-state index in [1.165, 1.54) is 28.4 Å². The molecule has 1 aliphatic rings. The van der Waals surface area contributed by atoms with Crippen LogP contribution in [-0.4, -0.2) is 62.5 Å². The van der Waals surface area contributed by atoms with Crippen LogP contribution in [0.4, 0.5) is 18.0 Å².